The van der Waals surface area contributed by atoms with Gasteiger partial charge >= 0.3 is 0 Å². The van der Waals surface area contributed by atoms with Crippen molar-refractivity contribution < 1.29 is 14.2 Å². The summed E-state index contributed by atoms with van der Waals surface area (Å²) in [7, 11) is 0. The van der Waals surface area contributed by atoms with E-state index in [9.17, 15) is 9.50 Å². The Kier molecular flexibility index (Phi) is 2.54. The molecule has 3 rings (SSSR count). The predicted octanol–water partition coefficient (Wildman–Crippen LogP) is 3.93. The smallest absolute Gasteiger partial charge is 0.165 e. The lowest BCUT2D eigenvalue weighted by Crippen LogP contribution is -2.10. The van der Waals surface area contributed by atoms with Gasteiger partial charge in [0.05, 0.1) is 0 Å². The Hall–Kier alpha value is -1.25. The first-order valence-corrected chi connectivity index (χ1v) is 6.72. The molecule has 98 valence electrons. The van der Waals surface area contributed by atoms with Crippen LogP contribution in [0.5, 0.6) is 11.5 Å². The summed E-state index contributed by atoms with van der Waals surface area (Å²) in [4.78, 5) is 0. The second-order valence-corrected chi connectivity index (χ2v) is 5.78. The van der Waals surface area contributed by atoms with Crippen molar-refractivity contribution in [3.05, 3.63) is 23.0 Å². The number of hydrogen-bond acceptors (Lipinski definition) is 2. The number of phenolic OH excluding ortho intramolecular Hbond substituents is 1. The van der Waals surface area contributed by atoms with Crippen LogP contribution in [0.15, 0.2) is 6.07 Å². The highest BCUT2D eigenvalue weighted by atomic mass is 19.1. The minimum atomic E-state index is -0.332. The first kappa shape index (κ1) is 11.8. The third-order valence-electron chi connectivity index (χ3n) is 4.56. The number of benzene rings is 1. The lowest BCUT2D eigenvalue weighted by molar-refractivity contribution is 0.224. The standard InChI is InChI=1S/C15H19FO2/c1-7-9(3)18-15-12(16)6-11(14(17)13(7)15)8(2)10-4-5-10/h6-10,17H,4-5H2,1-3H3. The van der Waals surface area contributed by atoms with Gasteiger partial charge in [0.15, 0.2) is 11.6 Å². The molecular weight excluding hydrogens is 231 g/mol. The molecule has 1 saturated carbocycles. The number of fused-ring (bicyclic) bond motifs is 1. The van der Waals surface area contributed by atoms with E-state index in [1.165, 1.54) is 18.9 Å². The average molecular weight is 250 g/mol. The van der Waals surface area contributed by atoms with Crippen LogP contribution >= 0.6 is 0 Å². The van der Waals surface area contributed by atoms with Crippen molar-refractivity contribution in [3.8, 4) is 11.5 Å². The molecule has 3 heteroatoms. The molecule has 2 aliphatic rings. The average Bonchev–Trinajstić information content (AvgIpc) is 3.12. The molecule has 3 atom stereocenters. The van der Waals surface area contributed by atoms with Gasteiger partial charge in [-0.3, -0.25) is 0 Å². The number of phenols is 1. The van der Waals surface area contributed by atoms with Crippen molar-refractivity contribution >= 4 is 0 Å². The third kappa shape index (κ3) is 1.60. The van der Waals surface area contributed by atoms with E-state index in [2.05, 4.69) is 6.92 Å². The molecule has 1 N–H and O–H groups in total. The third-order valence-corrected chi connectivity index (χ3v) is 4.56. The second kappa shape index (κ2) is 3.87. The van der Waals surface area contributed by atoms with Gasteiger partial charge in [-0.05, 0) is 37.7 Å². The maximum Gasteiger partial charge on any atom is 0.165 e. The Morgan fingerprint density at radius 3 is 2.67 bits per heavy atom. The topological polar surface area (TPSA) is 29.5 Å². The zero-order valence-corrected chi connectivity index (χ0v) is 11.0. The summed E-state index contributed by atoms with van der Waals surface area (Å²) in [5.74, 6) is 1.04. The SMILES string of the molecule is CC1Oc2c(F)cc(C(C)C3CC3)c(O)c2C1C. The Balaban J connectivity index is 2.11. The lowest BCUT2D eigenvalue weighted by atomic mass is 9.89. The second-order valence-electron chi connectivity index (χ2n) is 5.78. The van der Waals surface area contributed by atoms with Crippen molar-refractivity contribution in [2.45, 2.75) is 51.6 Å². The summed E-state index contributed by atoms with van der Waals surface area (Å²) >= 11 is 0. The van der Waals surface area contributed by atoms with E-state index in [1.807, 2.05) is 13.8 Å². The van der Waals surface area contributed by atoms with Crippen molar-refractivity contribution in [3.63, 3.8) is 0 Å². The highest BCUT2D eigenvalue weighted by Gasteiger charge is 2.37. The molecule has 3 unspecified atom stereocenters. The molecule has 1 fully saturated rings. The van der Waals surface area contributed by atoms with Gasteiger partial charge in [-0.1, -0.05) is 13.8 Å². The molecule has 0 radical (unpaired) electrons. The number of hydrogen-bond donors (Lipinski definition) is 1. The number of halogens is 1. The predicted molar refractivity (Wildman–Crippen MR) is 67.7 cm³/mol. The number of rotatable bonds is 2. The van der Waals surface area contributed by atoms with Crippen molar-refractivity contribution in [1.82, 2.24) is 0 Å². The molecule has 0 amide bonds. The molecular formula is C15H19FO2. The van der Waals surface area contributed by atoms with Crippen LogP contribution < -0.4 is 4.74 Å². The summed E-state index contributed by atoms with van der Waals surface area (Å²) in [6, 6.07) is 1.46. The van der Waals surface area contributed by atoms with Gasteiger partial charge in [0, 0.05) is 17.0 Å². The van der Waals surface area contributed by atoms with Crippen LogP contribution in [-0.2, 0) is 0 Å². The Bertz CT molecular complexity index is 494. The molecule has 1 heterocycles. The minimum absolute atomic E-state index is 0.0425. The fraction of sp³-hybridized carbons (Fsp3) is 0.600. The van der Waals surface area contributed by atoms with Crippen LogP contribution in [0, 0.1) is 11.7 Å². The zero-order valence-electron chi connectivity index (χ0n) is 11.0. The van der Waals surface area contributed by atoms with Crippen LogP contribution in [0.2, 0.25) is 0 Å². The van der Waals surface area contributed by atoms with Crippen LogP contribution in [0.1, 0.15) is 56.6 Å². The van der Waals surface area contributed by atoms with E-state index in [0.29, 0.717) is 11.5 Å². The summed E-state index contributed by atoms with van der Waals surface area (Å²) in [6.45, 7) is 5.96. The van der Waals surface area contributed by atoms with Gasteiger partial charge in [-0.25, -0.2) is 4.39 Å². The molecule has 0 spiro atoms. The minimum Gasteiger partial charge on any atom is -0.507 e. The lowest BCUT2D eigenvalue weighted by Gasteiger charge is -2.16. The first-order chi connectivity index (χ1) is 8.50. The fourth-order valence-corrected chi connectivity index (χ4v) is 2.92. The van der Waals surface area contributed by atoms with E-state index in [4.69, 9.17) is 4.74 Å². The monoisotopic (exact) mass is 250 g/mol. The number of ether oxygens (including phenoxy) is 1. The van der Waals surface area contributed by atoms with Crippen LogP contribution in [-0.4, -0.2) is 11.2 Å². The molecule has 18 heavy (non-hydrogen) atoms. The highest BCUT2D eigenvalue weighted by molar-refractivity contribution is 5.55. The van der Waals surface area contributed by atoms with Gasteiger partial charge in [-0.15, -0.1) is 0 Å². The largest absolute Gasteiger partial charge is 0.507 e. The number of aromatic hydroxyl groups is 1. The molecule has 0 aromatic heterocycles. The molecule has 1 aromatic rings. The van der Waals surface area contributed by atoms with Crippen molar-refractivity contribution in [2.24, 2.45) is 5.92 Å². The maximum atomic E-state index is 14.1. The van der Waals surface area contributed by atoms with Gasteiger partial charge < -0.3 is 9.84 Å². The maximum absolute atomic E-state index is 14.1. The first-order valence-electron chi connectivity index (χ1n) is 6.72. The van der Waals surface area contributed by atoms with Crippen molar-refractivity contribution in [1.29, 1.82) is 0 Å². The normalized spacial score (nSPS) is 27.8. The molecule has 0 saturated heterocycles. The molecule has 2 nitrogen and oxygen atoms in total. The Morgan fingerprint density at radius 2 is 2.06 bits per heavy atom. The summed E-state index contributed by atoms with van der Waals surface area (Å²) < 4.78 is 19.6. The van der Waals surface area contributed by atoms with Crippen molar-refractivity contribution in [2.75, 3.05) is 0 Å². The fourth-order valence-electron chi connectivity index (χ4n) is 2.92. The van der Waals surface area contributed by atoms with Crippen LogP contribution in [0.4, 0.5) is 4.39 Å². The van der Waals surface area contributed by atoms with Crippen LogP contribution in [0.25, 0.3) is 0 Å². The van der Waals surface area contributed by atoms with Gasteiger partial charge in [0.2, 0.25) is 0 Å². The van der Waals surface area contributed by atoms with Crippen LogP contribution in [0.3, 0.4) is 0 Å². The quantitative estimate of drug-likeness (QED) is 0.861. The Labute approximate surface area is 107 Å². The van der Waals surface area contributed by atoms with E-state index in [-0.39, 0.29) is 35.3 Å². The van der Waals surface area contributed by atoms with Gasteiger partial charge in [0.25, 0.3) is 0 Å². The summed E-state index contributed by atoms with van der Waals surface area (Å²) in [5.41, 5.74) is 1.41. The summed E-state index contributed by atoms with van der Waals surface area (Å²) in [6.07, 6.45) is 2.29. The summed E-state index contributed by atoms with van der Waals surface area (Å²) in [5, 5.41) is 10.4. The Morgan fingerprint density at radius 1 is 1.39 bits per heavy atom. The molecule has 1 aliphatic heterocycles. The van der Waals surface area contributed by atoms with E-state index >= 15 is 0 Å². The highest BCUT2D eigenvalue weighted by Crippen LogP contribution is 2.51. The zero-order chi connectivity index (χ0) is 13.0. The van der Waals surface area contributed by atoms with Gasteiger partial charge in [-0.2, -0.15) is 0 Å². The van der Waals surface area contributed by atoms with E-state index in [1.54, 1.807) is 0 Å². The van der Waals surface area contributed by atoms with E-state index in [0.717, 1.165) is 5.56 Å². The molecule has 0 bridgehead atoms. The van der Waals surface area contributed by atoms with E-state index < -0.39 is 0 Å². The molecule has 1 aromatic carbocycles. The van der Waals surface area contributed by atoms with Gasteiger partial charge in [0.1, 0.15) is 11.9 Å². The molecule has 1 aliphatic carbocycles.